The maximum absolute atomic E-state index is 14.4. The highest BCUT2D eigenvalue weighted by Gasteiger charge is 2.76. The van der Waals surface area contributed by atoms with Gasteiger partial charge in [-0.3, -0.25) is 4.79 Å². The lowest BCUT2D eigenvalue weighted by Gasteiger charge is -2.48. The molecule has 0 saturated heterocycles. The molecule has 2 fully saturated rings. The van der Waals surface area contributed by atoms with E-state index in [0.717, 1.165) is 10.8 Å². The van der Waals surface area contributed by atoms with Crippen molar-refractivity contribution in [1.29, 1.82) is 0 Å². The Hall–Kier alpha value is -2.80. The van der Waals surface area contributed by atoms with Crippen LogP contribution in [0.3, 0.4) is 0 Å². The number of allylic oxidation sites excluding steroid dienone is 1. The van der Waals surface area contributed by atoms with Crippen LogP contribution in [0.5, 0.6) is 0 Å². The fourth-order valence-corrected chi connectivity index (χ4v) is 8.08. The summed E-state index contributed by atoms with van der Waals surface area (Å²) in [5.74, 6) is -1.27. The second kappa shape index (κ2) is 7.85. The number of aliphatic hydroxyl groups excluding tert-OH is 2. The number of Topliss-reactive ketones (excluding diaryl/α,β-unsaturated/α-hetero) is 1. The van der Waals surface area contributed by atoms with Crippen LogP contribution in [-0.4, -0.2) is 51.5 Å². The summed E-state index contributed by atoms with van der Waals surface area (Å²) in [6, 6.07) is 12.9. The molecule has 6 nitrogen and oxygen atoms in total. The number of carbonyl (C=O) groups excluding carboxylic acids is 2. The molecule has 0 aliphatic heterocycles. The molecule has 0 heterocycles. The van der Waals surface area contributed by atoms with E-state index in [0.29, 0.717) is 23.5 Å². The third-order valence-electron chi connectivity index (χ3n) is 10.1. The molecule has 3 N–H and O–H groups in total. The second-order valence-electron chi connectivity index (χ2n) is 12.2. The van der Waals surface area contributed by atoms with Gasteiger partial charge in [0, 0.05) is 5.92 Å². The molecule has 2 saturated carbocycles. The van der Waals surface area contributed by atoms with Gasteiger partial charge in [-0.05, 0) is 70.6 Å². The third kappa shape index (κ3) is 3.03. The van der Waals surface area contributed by atoms with Crippen molar-refractivity contribution in [3.63, 3.8) is 0 Å². The Balaban J connectivity index is 1.44. The molecule has 194 valence electrons. The summed E-state index contributed by atoms with van der Waals surface area (Å²) in [7, 11) is 0. The van der Waals surface area contributed by atoms with Crippen LogP contribution in [0, 0.1) is 34.5 Å². The van der Waals surface area contributed by atoms with Gasteiger partial charge < -0.3 is 20.1 Å². The van der Waals surface area contributed by atoms with E-state index in [4.69, 9.17) is 4.74 Å². The van der Waals surface area contributed by atoms with Crippen LogP contribution in [0.1, 0.15) is 44.5 Å². The van der Waals surface area contributed by atoms with Crippen molar-refractivity contribution in [2.24, 2.45) is 34.5 Å². The van der Waals surface area contributed by atoms with E-state index in [1.807, 2.05) is 37.3 Å². The van der Waals surface area contributed by atoms with Gasteiger partial charge in [-0.25, -0.2) is 4.79 Å². The number of rotatable bonds is 3. The predicted octanol–water partition coefficient (Wildman–Crippen LogP) is 3.83. The van der Waals surface area contributed by atoms with Gasteiger partial charge >= 0.3 is 5.97 Å². The Morgan fingerprint density at radius 3 is 2.54 bits per heavy atom. The minimum Gasteiger partial charge on any atom is -0.451 e. The minimum atomic E-state index is -2.13. The number of esters is 1. The zero-order chi connectivity index (χ0) is 26.5. The van der Waals surface area contributed by atoms with Crippen molar-refractivity contribution in [3.8, 4) is 0 Å². The first-order valence-corrected chi connectivity index (χ1v) is 13.1. The summed E-state index contributed by atoms with van der Waals surface area (Å²) < 4.78 is 5.97. The van der Waals surface area contributed by atoms with E-state index < -0.39 is 41.7 Å². The van der Waals surface area contributed by atoms with Gasteiger partial charge in [0.15, 0.2) is 17.5 Å². The van der Waals surface area contributed by atoms with Gasteiger partial charge in [0.05, 0.1) is 17.6 Å². The molecule has 4 aliphatic rings. The summed E-state index contributed by atoms with van der Waals surface area (Å²) >= 11 is 0. The van der Waals surface area contributed by atoms with Crippen molar-refractivity contribution in [2.45, 2.75) is 51.9 Å². The Kier molecular flexibility index (Phi) is 5.21. The average Bonchev–Trinajstić information content (AvgIpc) is 3.37. The highest BCUT2D eigenvalue weighted by molar-refractivity contribution is 5.97. The van der Waals surface area contributed by atoms with Crippen LogP contribution < -0.4 is 0 Å². The maximum Gasteiger partial charge on any atom is 0.338 e. The fourth-order valence-electron chi connectivity index (χ4n) is 8.08. The topological polar surface area (TPSA) is 104 Å². The number of carbonyl (C=O) groups is 2. The van der Waals surface area contributed by atoms with E-state index in [-0.39, 0.29) is 28.6 Å². The number of ketones is 1. The summed E-state index contributed by atoms with van der Waals surface area (Å²) in [6.07, 6.45) is 1.33. The number of hydrogen-bond donors (Lipinski definition) is 3. The zero-order valence-electron chi connectivity index (χ0n) is 21.6. The van der Waals surface area contributed by atoms with Gasteiger partial charge in [-0.2, -0.15) is 0 Å². The summed E-state index contributed by atoms with van der Waals surface area (Å²) in [6.45, 7) is 7.50. The molecule has 37 heavy (non-hydrogen) atoms. The largest absolute Gasteiger partial charge is 0.451 e. The first kappa shape index (κ1) is 24.5. The molecule has 0 unspecified atom stereocenters. The molecule has 2 aromatic carbocycles. The molecule has 6 heteroatoms. The minimum absolute atomic E-state index is 0.0417. The summed E-state index contributed by atoms with van der Waals surface area (Å²) in [5, 5.41) is 36.2. The highest BCUT2D eigenvalue weighted by Crippen LogP contribution is 2.71. The molecule has 2 aromatic rings. The van der Waals surface area contributed by atoms with E-state index in [1.165, 1.54) is 0 Å². The van der Waals surface area contributed by atoms with Crippen molar-refractivity contribution < 1.29 is 29.6 Å². The number of fused-ring (bicyclic) bond motifs is 4. The SMILES string of the molecule is CC1=C[C@]23C(=O)[C@@H](C=C(CO)[C@@H](O)[C@]2(O)[C@H]1OC(=O)c1ccc2ccccc2c1)[C@H]1[C@@H](C[C@H]3C)C1(C)C. The fraction of sp³-hybridized carbons (Fsp3) is 0.484. The maximum atomic E-state index is 14.4. The van der Waals surface area contributed by atoms with Gasteiger partial charge in [-0.1, -0.05) is 63.3 Å². The Morgan fingerprint density at radius 1 is 1.14 bits per heavy atom. The van der Waals surface area contributed by atoms with Gasteiger partial charge in [-0.15, -0.1) is 0 Å². The van der Waals surface area contributed by atoms with Crippen molar-refractivity contribution in [2.75, 3.05) is 6.61 Å². The van der Waals surface area contributed by atoms with E-state index in [1.54, 1.807) is 31.2 Å². The average molecular weight is 503 g/mol. The normalized spacial score (nSPS) is 39.6. The molecule has 1 spiro atoms. The molecular weight excluding hydrogens is 468 g/mol. The van der Waals surface area contributed by atoms with Crippen LogP contribution >= 0.6 is 0 Å². The molecule has 2 bridgehead atoms. The van der Waals surface area contributed by atoms with Gasteiger partial charge in [0.2, 0.25) is 0 Å². The Labute approximate surface area is 216 Å². The first-order chi connectivity index (χ1) is 17.5. The van der Waals surface area contributed by atoms with E-state index in [9.17, 15) is 24.9 Å². The lowest BCUT2D eigenvalue weighted by Crippen LogP contribution is -2.65. The first-order valence-electron chi connectivity index (χ1n) is 13.1. The predicted molar refractivity (Wildman–Crippen MR) is 139 cm³/mol. The second-order valence-corrected chi connectivity index (χ2v) is 12.2. The lowest BCUT2D eigenvalue weighted by atomic mass is 9.59. The van der Waals surface area contributed by atoms with Crippen molar-refractivity contribution in [1.82, 2.24) is 0 Å². The molecule has 4 aliphatic carbocycles. The highest BCUT2D eigenvalue weighted by atomic mass is 16.6. The number of ether oxygens (including phenoxy) is 1. The zero-order valence-corrected chi connectivity index (χ0v) is 21.6. The standard InChI is InChI=1S/C31H34O6/c1-16-14-30-17(2)11-23-24(29(23,3)4)22(26(30)34)13-21(15-32)25(33)31(30,36)27(16)37-28(35)20-10-9-18-7-5-6-8-19(18)12-20/h5-10,12-14,17,22-25,27,32-33,36H,11,15H2,1-4H3/t17-,22+,23-,24+,25-,27+,30+,31+/m1/s1. The van der Waals surface area contributed by atoms with Gasteiger partial charge in [0.1, 0.15) is 6.10 Å². The monoisotopic (exact) mass is 502 g/mol. The van der Waals surface area contributed by atoms with Gasteiger partial charge in [0.25, 0.3) is 0 Å². The number of aliphatic hydroxyl groups is 3. The summed E-state index contributed by atoms with van der Waals surface area (Å²) in [5.41, 5.74) is -2.56. The Morgan fingerprint density at radius 2 is 1.84 bits per heavy atom. The third-order valence-corrected chi connectivity index (χ3v) is 10.1. The smallest absolute Gasteiger partial charge is 0.338 e. The van der Waals surface area contributed by atoms with E-state index >= 15 is 0 Å². The van der Waals surface area contributed by atoms with Crippen molar-refractivity contribution >= 4 is 22.5 Å². The van der Waals surface area contributed by atoms with Crippen LogP contribution in [-0.2, 0) is 9.53 Å². The van der Waals surface area contributed by atoms with Crippen molar-refractivity contribution in [3.05, 3.63) is 71.3 Å². The molecule has 0 aromatic heterocycles. The molecule has 6 rings (SSSR count). The number of benzene rings is 2. The van der Waals surface area contributed by atoms with Crippen LogP contribution in [0.25, 0.3) is 10.8 Å². The molecule has 0 radical (unpaired) electrons. The lowest BCUT2D eigenvalue weighted by molar-refractivity contribution is -0.190. The Bertz CT molecular complexity index is 1390. The quantitative estimate of drug-likeness (QED) is 0.435. The summed E-state index contributed by atoms with van der Waals surface area (Å²) in [4.78, 5) is 27.8. The molecule has 0 amide bonds. The van der Waals surface area contributed by atoms with E-state index in [2.05, 4.69) is 13.8 Å². The molecular formula is C31H34O6. The van der Waals surface area contributed by atoms with Crippen LogP contribution in [0.15, 0.2) is 65.8 Å². The molecule has 8 atom stereocenters. The number of hydrogen-bond acceptors (Lipinski definition) is 6. The van der Waals surface area contributed by atoms with Crippen LogP contribution in [0.4, 0.5) is 0 Å². The van der Waals surface area contributed by atoms with Crippen LogP contribution in [0.2, 0.25) is 0 Å².